The molecule has 1 N–H and O–H groups in total. The number of aromatic nitrogens is 4. The molecule has 0 unspecified atom stereocenters. The van der Waals surface area contributed by atoms with Crippen molar-refractivity contribution < 1.29 is 19.0 Å². The van der Waals surface area contributed by atoms with Crippen LogP contribution in [0.25, 0.3) is 16.9 Å². The van der Waals surface area contributed by atoms with E-state index in [0.717, 1.165) is 11.3 Å². The quantitative estimate of drug-likeness (QED) is 0.481. The van der Waals surface area contributed by atoms with Crippen LogP contribution in [0.2, 0.25) is 0 Å². The highest BCUT2D eigenvalue weighted by Gasteiger charge is 2.26. The topological polar surface area (TPSA) is 90.1 Å². The molecule has 1 aliphatic heterocycles. The fourth-order valence-corrected chi connectivity index (χ4v) is 3.83. The lowest BCUT2D eigenvalue weighted by Gasteiger charge is -2.11. The van der Waals surface area contributed by atoms with Gasteiger partial charge in [0, 0.05) is 30.2 Å². The predicted molar refractivity (Wildman–Crippen MR) is 110 cm³/mol. The summed E-state index contributed by atoms with van der Waals surface area (Å²) in [6.07, 6.45) is 3.91. The van der Waals surface area contributed by atoms with Gasteiger partial charge in [-0.25, -0.2) is 24.1 Å². The lowest BCUT2D eigenvalue weighted by atomic mass is 10.0. The highest BCUT2D eigenvalue weighted by molar-refractivity contribution is 5.88. The lowest BCUT2D eigenvalue weighted by Crippen LogP contribution is -2.06. The first-order chi connectivity index (χ1) is 15.0. The smallest absolute Gasteiger partial charge is 0.356 e. The minimum Gasteiger partial charge on any atom is -0.497 e. The number of nitrogens with zero attached hydrogens (tertiary/aromatic N) is 4. The second-order valence-corrected chi connectivity index (χ2v) is 7.24. The third-order valence-electron chi connectivity index (χ3n) is 5.34. The number of aromatic carboxylic acids is 1. The van der Waals surface area contributed by atoms with Crippen molar-refractivity contribution in [2.75, 3.05) is 7.11 Å². The Kier molecular flexibility index (Phi) is 4.47. The third-order valence-corrected chi connectivity index (χ3v) is 5.34. The highest BCUT2D eigenvalue weighted by atomic mass is 19.1. The minimum absolute atomic E-state index is 0.0366. The maximum Gasteiger partial charge on any atom is 0.356 e. The van der Waals surface area contributed by atoms with Gasteiger partial charge in [-0.3, -0.25) is 0 Å². The number of methoxy groups -OCH3 is 1. The summed E-state index contributed by atoms with van der Waals surface area (Å²) in [5.41, 5.74) is 3.99. The molecule has 3 heterocycles. The molecule has 0 fully saturated rings. The van der Waals surface area contributed by atoms with Crippen LogP contribution in [0.5, 0.6) is 5.75 Å². The van der Waals surface area contributed by atoms with Crippen molar-refractivity contribution in [1.29, 1.82) is 0 Å². The molecule has 0 aliphatic carbocycles. The summed E-state index contributed by atoms with van der Waals surface area (Å²) in [4.78, 5) is 24.9. The average Bonchev–Trinajstić information content (AvgIpc) is 3.13. The fourth-order valence-electron chi connectivity index (χ4n) is 3.83. The maximum absolute atomic E-state index is 14.2. The number of hydrogen-bond acceptors (Lipinski definition) is 5. The van der Waals surface area contributed by atoms with Crippen LogP contribution in [-0.2, 0) is 12.8 Å². The SMILES string of the molecule is COc1ccc(Cc2ncc3c(n2)-c2cc(F)ccc2-n2cnc(C(=O)O)c2C3)cc1. The molecule has 0 atom stereocenters. The number of imidazole rings is 1. The number of ether oxygens (including phenoxy) is 1. The Hall–Kier alpha value is -4.07. The zero-order chi connectivity index (χ0) is 21.5. The molecule has 0 saturated heterocycles. The second kappa shape index (κ2) is 7.32. The molecule has 2 aromatic heterocycles. The van der Waals surface area contributed by atoms with Gasteiger partial charge < -0.3 is 14.4 Å². The number of hydrogen-bond donors (Lipinski definition) is 1. The average molecular weight is 416 g/mol. The number of fused-ring (bicyclic) bond motifs is 5. The molecule has 5 rings (SSSR count). The lowest BCUT2D eigenvalue weighted by molar-refractivity contribution is 0.0690. The first-order valence-corrected chi connectivity index (χ1v) is 9.61. The molecule has 0 spiro atoms. The normalized spacial score (nSPS) is 11.8. The predicted octanol–water partition coefficient (Wildman–Crippen LogP) is 3.67. The number of carboxylic acid groups (broad SMARTS) is 1. The summed E-state index contributed by atoms with van der Waals surface area (Å²) in [7, 11) is 1.61. The molecule has 1 aliphatic rings. The van der Waals surface area contributed by atoms with Crippen LogP contribution >= 0.6 is 0 Å². The Morgan fingerprint density at radius 1 is 1.19 bits per heavy atom. The van der Waals surface area contributed by atoms with E-state index in [1.165, 1.54) is 18.5 Å². The first-order valence-electron chi connectivity index (χ1n) is 9.61. The summed E-state index contributed by atoms with van der Waals surface area (Å²) in [6, 6.07) is 12.0. The van der Waals surface area contributed by atoms with E-state index >= 15 is 0 Å². The van der Waals surface area contributed by atoms with Crippen LogP contribution in [0.15, 0.2) is 55.0 Å². The van der Waals surface area contributed by atoms with Crippen molar-refractivity contribution in [3.8, 4) is 22.7 Å². The second-order valence-electron chi connectivity index (χ2n) is 7.24. The summed E-state index contributed by atoms with van der Waals surface area (Å²) >= 11 is 0. The van der Waals surface area contributed by atoms with Gasteiger partial charge in [0.1, 0.15) is 23.7 Å². The van der Waals surface area contributed by atoms with Crippen LogP contribution in [-0.4, -0.2) is 37.7 Å². The van der Waals surface area contributed by atoms with E-state index in [2.05, 4.69) is 9.97 Å². The van der Waals surface area contributed by atoms with E-state index in [1.807, 2.05) is 24.3 Å². The van der Waals surface area contributed by atoms with Crippen molar-refractivity contribution in [1.82, 2.24) is 19.5 Å². The van der Waals surface area contributed by atoms with Gasteiger partial charge in [0.15, 0.2) is 5.69 Å². The number of halogens is 1. The maximum atomic E-state index is 14.2. The molecule has 2 aromatic carbocycles. The van der Waals surface area contributed by atoms with Gasteiger partial charge in [-0.2, -0.15) is 0 Å². The Balaban J connectivity index is 1.63. The van der Waals surface area contributed by atoms with E-state index in [-0.39, 0.29) is 12.1 Å². The van der Waals surface area contributed by atoms with Crippen molar-refractivity contribution in [3.05, 3.63) is 89.1 Å². The Morgan fingerprint density at radius 3 is 2.74 bits per heavy atom. The van der Waals surface area contributed by atoms with Gasteiger partial charge in [-0.15, -0.1) is 0 Å². The molecule has 0 bridgehead atoms. The summed E-state index contributed by atoms with van der Waals surface area (Å²) in [6.45, 7) is 0. The zero-order valence-corrected chi connectivity index (χ0v) is 16.5. The van der Waals surface area contributed by atoms with Crippen LogP contribution < -0.4 is 4.74 Å². The molecule has 0 saturated carbocycles. The number of rotatable bonds is 4. The van der Waals surface area contributed by atoms with Crippen molar-refractivity contribution >= 4 is 5.97 Å². The first kappa shape index (κ1) is 18.9. The Bertz CT molecular complexity index is 1320. The summed E-state index contributed by atoms with van der Waals surface area (Å²) < 4.78 is 21.1. The van der Waals surface area contributed by atoms with Crippen LogP contribution in [0, 0.1) is 5.82 Å². The van der Waals surface area contributed by atoms with E-state index in [4.69, 9.17) is 9.72 Å². The van der Waals surface area contributed by atoms with Gasteiger partial charge in [-0.1, -0.05) is 12.1 Å². The highest BCUT2D eigenvalue weighted by Crippen LogP contribution is 2.35. The van der Waals surface area contributed by atoms with E-state index in [0.29, 0.717) is 40.4 Å². The monoisotopic (exact) mass is 416 g/mol. The standard InChI is InChI=1S/C23H17FN4O3/c1-31-16-5-2-13(3-6-16)8-20-25-11-14-9-19-22(23(29)30)26-12-28(19)18-7-4-15(24)10-17(18)21(14)27-20/h2-7,10-12H,8-9H2,1H3,(H,29,30). The minimum atomic E-state index is -1.11. The van der Waals surface area contributed by atoms with Crippen molar-refractivity contribution in [2.45, 2.75) is 12.8 Å². The van der Waals surface area contributed by atoms with Crippen molar-refractivity contribution in [2.24, 2.45) is 0 Å². The molecule has 8 heteroatoms. The largest absolute Gasteiger partial charge is 0.497 e. The molecule has 31 heavy (non-hydrogen) atoms. The van der Waals surface area contributed by atoms with Crippen LogP contribution in [0.3, 0.4) is 0 Å². The summed E-state index contributed by atoms with van der Waals surface area (Å²) in [5, 5.41) is 9.53. The van der Waals surface area contributed by atoms with Crippen LogP contribution in [0.1, 0.15) is 33.1 Å². The molecule has 7 nitrogen and oxygen atoms in total. The van der Waals surface area contributed by atoms with Gasteiger partial charge in [0.05, 0.1) is 24.2 Å². The van der Waals surface area contributed by atoms with Gasteiger partial charge >= 0.3 is 5.97 Å². The number of benzene rings is 2. The molecule has 154 valence electrons. The molecule has 0 amide bonds. The Labute approximate surface area is 176 Å². The van der Waals surface area contributed by atoms with E-state index in [9.17, 15) is 14.3 Å². The third kappa shape index (κ3) is 3.31. The number of carbonyl (C=O) groups is 1. The molecule has 0 radical (unpaired) electrons. The van der Waals surface area contributed by atoms with Crippen molar-refractivity contribution in [3.63, 3.8) is 0 Å². The van der Waals surface area contributed by atoms with Gasteiger partial charge in [0.25, 0.3) is 0 Å². The Morgan fingerprint density at radius 2 is 2.00 bits per heavy atom. The van der Waals surface area contributed by atoms with Gasteiger partial charge in [-0.05, 0) is 35.9 Å². The molecular formula is C23H17FN4O3. The number of carboxylic acids is 1. The molecular weight excluding hydrogens is 399 g/mol. The van der Waals surface area contributed by atoms with Crippen LogP contribution in [0.4, 0.5) is 4.39 Å². The zero-order valence-electron chi connectivity index (χ0n) is 16.5. The molecule has 4 aromatic rings. The van der Waals surface area contributed by atoms with E-state index < -0.39 is 11.8 Å². The van der Waals surface area contributed by atoms with E-state index in [1.54, 1.807) is 23.9 Å². The summed E-state index contributed by atoms with van der Waals surface area (Å²) in [5.74, 6) is -0.164. The van der Waals surface area contributed by atoms with Gasteiger partial charge in [0.2, 0.25) is 0 Å². The fraction of sp³-hybridized carbons (Fsp3) is 0.130.